The van der Waals surface area contributed by atoms with Crippen LogP contribution < -0.4 is 4.72 Å². The highest BCUT2D eigenvalue weighted by Gasteiger charge is 2.10. The number of ether oxygens (including phenoxy) is 1. The molecular weight excluding hydrogens is 264 g/mol. The number of nitrogens with zero attached hydrogens (tertiary/aromatic N) is 1. The summed E-state index contributed by atoms with van der Waals surface area (Å²) >= 11 is 0. The molecule has 5 nitrogen and oxygen atoms in total. The Morgan fingerprint density at radius 1 is 1.32 bits per heavy atom. The van der Waals surface area contributed by atoms with Gasteiger partial charge in [0.1, 0.15) is 0 Å². The van der Waals surface area contributed by atoms with E-state index in [-0.39, 0.29) is 18.4 Å². The Morgan fingerprint density at radius 2 is 1.95 bits per heavy atom. The van der Waals surface area contributed by atoms with Gasteiger partial charge in [0.2, 0.25) is 10.0 Å². The Morgan fingerprint density at radius 3 is 2.47 bits per heavy atom. The molecule has 1 rings (SSSR count). The van der Waals surface area contributed by atoms with Crippen LogP contribution in [0, 0.1) is 11.3 Å². The van der Waals surface area contributed by atoms with Crippen LogP contribution in [0.3, 0.4) is 0 Å². The van der Waals surface area contributed by atoms with Gasteiger partial charge in [0.15, 0.2) is 0 Å². The van der Waals surface area contributed by atoms with Crippen LogP contribution in [0.15, 0.2) is 24.3 Å². The quantitative estimate of drug-likeness (QED) is 0.767. The highest BCUT2D eigenvalue weighted by Crippen LogP contribution is 2.07. The minimum Gasteiger partial charge on any atom is -0.377 e. The molecule has 0 amide bonds. The van der Waals surface area contributed by atoms with E-state index in [9.17, 15) is 8.42 Å². The van der Waals surface area contributed by atoms with E-state index in [0.717, 1.165) is 0 Å². The first-order valence-corrected chi connectivity index (χ1v) is 7.66. The predicted molar refractivity (Wildman–Crippen MR) is 72.9 cm³/mol. The van der Waals surface area contributed by atoms with Crippen molar-refractivity contribution in [2.75, 3.05) is 13.2 Å². The summed E-state index contributed by atoms with van der Waals surface area (Å²) in [4.78, 5) is 0. The number of rotatable bonds is 7. The van der Waals surface area contributed by atoms with Gasteiger partial charge in [-0.3, -0.25) is 0 Å². The molecule has 104 valence electrons. The third kappa shape index (κ3) is 6.34. The predicted octanol–water partition coefficient (Wildman–Crippen LogP) is 1.40. The first-order chi connectivity index (χ1) is 8.93. The fourth-order valence-electron chi connectivity index (χ4n) is 1.44. The van der Waals surface area contributed by atoms with Gasteiger partial charge in [-0.15, -0.1) is 0 Å². The first-order valence-electron chi connectivity index (χ1n) is 6.01. The molecule has 6 heteroatoms. The molecule has 0 fully saturated rings. The van der Waals surface area contributed by atoms with Crippen LogP contribution in [-0.2, 0) is 20.5 Å². The van der Waals surface area contributed by atoms with Crippen molar-refractivity contribution in [2.24, 2.45) is 0 Å². The number of nitriles is 1. The lowest BCUT2D eigenvalue weighted by Crippen LogP contribution is -2.29. The Kier molecular flexibility index (Phi) is 5.96. The van der Waals surface area contributed by atoms with Gasteiger partial charge in [-0.05, 0) is 31.5 Å². The summed E-state index contributed by atoms with van der Waals surface area (Å²) in [7, 11) is -3.37. The minimum atomic E-state index is -3.37. The lowest BCUT2D eigenvalue weighted by Gasteiger charge is -2.09. The van der Waals surface area contributed by atoms with E-state index in [1.165, 1.54) is 0 Å². The van der Waals surface area contributed by atoms with Crippen molar-refractivity contribution in [2.45, 2.75) is 25.7 Å². The van der Waals surface area contributed by atoms with E-state index in [1.54, 1.807) is 24.3 Å². The second-order valence-electron chi connectivity index (χ2n) is 4.38. The van der Waals surface area contributed by atoms with Gasteiger partial charge in [0.05, 0.1) is 30.1 Å². The molecule has 0 bridgehead atoms. The summed E-state index contributed by atoms with van der Waals surface area (Å²) in [6.07, 6.45) is 0.0861. The second kappa shape index (κ2) is 7.24. The highest BCUT2D eigenvalue weighted by atomic mass is 32.2. The Hall–Kier alpha value is -1.42. The summed E-state index contributed by atoms with van der Waals surface area (Å²) in [5, 5.41) is 8.65. The van der Waals surface area contributed by atoms with Crippen molar-refractivity contribution in [1.29, 1.82) is 5.26 Å². The number of sulfonamides is 1. The molecule has 0 aliphatic heterocycles. The van der Waals surface area contributed by atoms with Gasteiger partial charge < -0.3 is 4.74 Å². The largest absolute Gasteiger partial charge is 0.377 e. The number of hydrogen-bond acceptors (Lipinski definition) is 4. The Bertz CT molecular complexity index is 530. The molecule has 1 aromatic rings. The molecule has 19 heavy (non-hydrogen) atoms. The maximum atomic E-state index is 11.8. The maximum Gasteiger partial charge on any atom is 0.215 e. The average molecular weight is 282 g/mol. The van der Waals surface area contributed by atoms with Crippen LogP contribution >= 0.6 is 0 Å². The third-order valence-electron chi connectivity index (χ3n) is 2.31. The first kappa shape index (κ1) is 15.6. The average Bonchev–Trinajstić information content (AvgIpc) is 2.35. The molecule has 0 aliphatic carbocycles. The fraction of sp³-hybridized carbons (Fsp3) is 0.462. The van der Waals surface area contributed by atoms with E-state index < -0.39 is 10.0 Å². The third-order valence-corrected chi connectivity index (χ3v) is 3.67. The van der Waals surface area contributed by atoms with Crippen molar-refractivity contribution in [3.63, 3.8) is 0 Å². The van der Waals surface area contributed by atoms with Crippen molar-refractivity contribution in [1.82, 2.24) is 4.72 Å². The van der Waals surface area contributed by atoms with Gasteiger partial charge in [-0.25, -0.2) is 13.1 Å². The zero-order valence-electron chi connectivity index (χ0n) is 11.1. The summed E-state index contributed by atoms with van der Waals surface area (Å²) in [6.45, 7) is 4.40. The molecule has 0 radical (unpaired) electrons. The Balaban J connectivity index is 2.47. The van der Waals surface area contributed by atoms with Crippen molar-refractivity contribution < 1.29 is 13.2 Å². The van der Waals surface area contributed by atoms with E-state index in [4.69, 9.17) is 10.00 Å². The molecule has 0 aromatic heterocycles. The summed E-state index contributed by atoms with van der Waals surface area (Å²) in [5.74, 6) is -0.0968. The molecule has 0 saturated carbocycles. The van der Waals surface area contributed by atoms with Crippen molar-refractivity contribution >= 4 is 10.0 Å². The number of nitrogens with one attached hydrogen (secondary N) is 1. The molecule has 0 saturated heterocycles. The lowest BCUT2D eigenvalue weighted by atomic mass is 10.2. The number of benzene rings is 1. The van der Waals surface area contributed by atoms with Crippen LogP contribution in [0.4, 0.5) is 0 Å². The van der Waals surface area contributed by atoms with E-state index in [0.29, 0.717) is 17.7 Å². The van der Waals surface area contributed by atoms with Crippen LogP contribution in [0.1, 0.15) is 25.0 Å². The molecule has 0 unspecified atom stereocenters. The van der Waals surface area contributed by atoms with E-state index >= 15 is 0 Å². The van der Waals surface area contributed by atoms with E-state index in [2.05, 4.69) is 4.72 Å². The van der Waals surface area contributed by atoms with Crippen LogP contribution in [-0.4, -0.2) is 27.7 Å². The topological polar surface area (TPSA) is 79.2 Å². The molecule has 0 atom stereocenters. The van der Waals surface area contributed by atoms with Crippen molar-refractivity contribution in [3.05, 3.63) is 35.4 Å². The second-order valence-corrected chi connectivity index (χ2v) is 6.19. The van der Waals surface area contributed by atoms with Gasteiger partial charge in [-0.1, -0.05) is 12.1 Å². The molecule has 1 N–H and O–H groups in total. The van der Waals surface area contributed by atoms with E-state index in [1.807, 2.05) is 19.9 Å². The summed E-state index contributed by atoms with van der Waals surface area (Å²) < 4.78 is 31.3. The fourth-order valence-corrected chi connectivity index (χ4v) is 2.57. The Labute approximate surface area is 114 Å². The zero-order valence-corrected chi connectivity index (χ0v) is 11.9. The molecule has 0 heterocycles. The normalized spacial score (nSPS) is 11.5. The van der Waals surface area contributed by atoms with Crippen LogP contribution in [0.25, 0.3) is 0 Å². The smallest absolute Gasteiger partial charge is 0.215 e. The van der Waals surface area contributed by atoms with Gasteiger partial charge in [-0.2, -0.15) is 5.26 Å². The van der Waals surface area contributed by atoms with Gasteiger partial charge >= 0.3 is 0 Å². The molecule has 1 aromatic carbocycles. The van der Waals surface area contributed by atoms with Gasteiger partial charge in [0.25, 0.3) is 0 Å². The van der Waals surface area contributed by atoms with Crippen LogP contribution in [0.5, 0.6) is 0 Å². The summed E-state index contributed by atoms with van der Waals surface area (Å²) in [5.41, 5.74) is 1.16. The monoisotopic (exact) mass is 282 g/mol. The minimum absolute atomic E-state index is 0.0861. The zero-order chi connectivity index (χ0) is 14.3. The lowest BCUT2D eigenvalue weighted by molar-refractivity contribution is 0.0834. The molecule has 0 spiro atoms. The maximum absolute atomic E-state index is 11.8. The molecule has 0 aliphatic rings. The highest BCUT2D eigenvalue weighted by molar-refractivity contribution is 7.88. The van der Waals surface area contributed by atoms with Crippen LogP contribution in [0.2, 0.25) is 0 Å². The molecular formula is C13H18N2O3S. The standard InChI is InChI=1S/C13H18N2O3S/c1-11(2)18-8-7-15-19(16,17)10-13-5-3-12(9-14)4-6-13/h3-6,11,15H,7-8,10H2,1-2H3. The summed E-state index contributed by atoms with van der Waals surface area (Å²) in [6, 6.07) is 8.48. The number of hydrogen-bond donors (Lipinski definition) is 1. The van der Waals surface area contributed by atoms with Gasteiger partial charge in [0, 0.05) is 6.54 Å². The SMILES string of the molecule is CC(C)OCCNS(=O)(=O)Cc1ccc(C#N)cc1. The van der Waals surface area contributed by atoms with Crippen molar-refractivity contribution in [3.8, 4) is 6.07 Å².